The molecule has 0 N–H and O–H groups in total. The Morgan fingerprint density at radius 3 is 1.50 bits per heavy atom. The highest BCUT2D eigenvalue weighted by Gasteiger charge is 2.30. The van der Waals surface area contributed by atoms with Gasteiger partial charge in [0.1, 0.15) is 0 Å². The fourth-order valence-corrected chi connectivity index (χ4v) is 5.84. The van der Waals surface area contributed by atoms with Crippen molar-refractivity contribution in [1.29, 1.82) is 0 Å². The summed E-state index contributed by atoms with van der Waals surface area (Å²) in [5.41, 5.74) is 3.06. The maximum Gasteiger partial charge on any atom is -0.0276 e. The molecule has 0 heteroatoms. The van der Waals surface area contributed by atoms with Crippen molar-refractivity contribution in [2.45, 2.75) is 104 Å². The van der Waals surface area contributed by atoms with Gasteiger partial charge in [-0.2, -0.15) is 0 Å². The molecule has 0 spiro atoms. The van der Waals surface area contributed by atoms with Gasteiger partial charge in [-0.3, -0.25) is 0 Å². The lowest BCUT2D eigenvalue weighted by Crippen LogP contribution is -2.26. The van der Waals surface area contributed by atoms with Crippen LogP contribution in [0.3, 0.4) is 0 Å². The monoisotopic (exact) mass is 354 g/mol. The van der Waals surface area contributed by atoms with Gasteiger partial charge in [0.25, 0.3) is 0 Å². The van der Waals surface area contributed by atoms with Crippen LogP contribution in [0.25, 0.3) is 0 Å². The number of benzene rings is 1. The van der Waals surface area contributed by atoms with Gasteiger partial charge in [-0.25, -0.2) is 0 Å². The molecular formula is C26H42. The van der Waals surface area contributed by atoms with Gasteiger partial charge < -0.3 is 0 Å². The molecule has 2 aliphatic rings. The van der Waals surface area contributed by atoms with E-state index in [1.165, 1.54) is 82.6 Å². The zero-order chi connectivity index (χ0) is 18.2. The van der Waals surface area contributed by atoms with Gasteiger partial charge >= 0.3 is 0 Å². The SMILES string of the molecule is CCCc1ccc(CCC2CCC([C@H]3CC[C@H](CCC)CC3)CC2)cc1. The molecule has 0 radical (unpaired) electrons. The molecule has 2 fully saturated rings. The standard InChI is InChI=1S/C26H42/c1-3-5-21-7-9-23(10-8-21)11-12-24-15-19-26(20-16-24)25-17-13-22(6-4-2)14-18-25/h7-10,22,24-26H,3-6,11-20H2,1-2H3/t22-,24?,25-,26?. The molecule has 0 aromatic heterocycles. The van der Waals surface area contributed by atoms with Crippen molar-refractivity contribution in [3.8, 4) is 0 Å². The first-order valence-corrected chi connectivity index (χ1v) is 11.9. The lowest BCUT2D eigenvalue weighted by molar-refractivity contribution is 0.141. The van der Waals surface area contributed by atoms with Gasteiger partial charge in [0.05, 0.1) is 0 Å². The van der Waals surface area contributed by atoms with Gasteiger partial charge in [-0.1, -0.05) is 83.1 Å². The quantitative estimate of drug-likeness (QED) is 0.444. The highest BCUT2D eigenvalue weighted by molar-refractivity contribution is 5.22. The minimum atomic E-state index is 0.998. The Morgan fingerprint density at radius 2 is 1.04 bits per heavy atom. The van der Waals surface area contributed by atoms with E-state index in [4.69, 9.17) is 0 Å². The van der Waals surface area contributed by atoms with E-state index in [2.05, 4.69) is 38.1 Å². The van der Waals surface area contributed by atoms with Gasteiger partial charge in [0.15, 0.2) is 0 Å². The van der Waals surface area contributed by atoms with Crippen molar-refractivity contribution in [2.24, 2.45) is 23.7 Å². The van der Waals surface area contributed by atoms with Gasteiger partial charge in [-0.05, 0) is 79.7 Å². The van der Waals surface area contributed by atoms with E-state index in [0.717, 1.165) is 23.7 Å². The number of hydrogen-bond donors (Lipinski definition) is 0. The molecule has 146 valence electrons. The molecule has 0 saturated heterocycles. The van der Waals surface area contributed by atoms with Crippen LogP contribution in [0.4, 0.5) is 0 Å². The summed E-state index contributed by atoms with van der Waals surface area (Å²) in [4.78, 5) is 0. The van der Waals surface area contributed by atoms with Crippen LogP contribution in [-0.2, 0) is 12.8 Å². The summed E-state index contributed by atoms with van der Waals surface area (Å²) in [6, 6.07) is 9.46. The zero-order valence-electron chi connectivity index (χ0n) is 17.5. The Bertz CT molecular complexity index is 483. The van der Waals surface area contributed by atoms with E-state index in [1.54, 1.807) is 18.4 Å². The summed E-state index contributed by atoms with van der Waals surface area (Å²) < 4.78 is 0. The van der Waals surface area contributed by atoms with Crippen LogP contribution < -0.4 is 0 Å². The normalized spacial score (nSPS) is 29.6. The van der Waals surface area contributed by atoms with E-state index in [1.807, 2.05) is 0 Å². The van der Waals surface area contributed by atoms with Gasteiger partial charge in [0, 0.05) is 0 Å². The minimum absolute atomic E-state index is 0.998. The zero-order valence-corrected chi connectivity index (χ0v) is 17.5. The van der Waals surface area contributed by atoms with Gasteiger partial charge in [-0.15, -0.1) is 0 Å². The molecule has 26 heavy (non-hydrogen) atoms. The average Bonchev–Trinajstić information content (AvgIpc) is 2.69. The predicted octanol–water partition coefficient (Wildman–Crippen LogP) is 7.98. The molecule has 0 atom stereocenters. The molecule has 2 saturated carbocycles. The highest BCUT2D eigenvalue weighted by atomic mass is 14.4. The highest BCUT2D eigenvalue weighted by Crippen LogP contribution is 2.42. The van der Waals surface area contributed by atoms with Crippen LogP contribution in [0, 0.1) is 23.7 Å². The van der Waals surface area contributed by atoms with Crippen LogP contribution in [0.5, 0.6) is 0 Å². The molecule has 1 aromatic carbocycles. The molecule has 0 unspecified atom stereocenters. The van der Waals surface area contributed by atoms with E-state index < -0.39 is 0 Å². The Labute approximate surface area is 163 Å². The Morgan fingerprint density at radius 1 is 0.577 bits per heavy atom. The average molecular weight is 355 g/mol. The first-order valence-electron chi connectivity index (χ1n) is 11.9. The third-order valence-electron chi connectivity index (χ3n) is 7.55. The third kappa shape index (κ3) is 5.86. The van der Waals surface area contributed by atoms with Crippen LogP contribution in [0.1, 0.15) is 102 Å². The summed E-state index contributed by atoms with van der Waals surface area (Å²) in [5.74, 6) is 4.21. The second-order valence-corrected chi connectivity index (χ2v) is 9.46. The number of hydrogen-bond acceptors (Lipinski definition) is 0. The van der Waals surface area contributed by atoms with Crippen molar-refractivity contribution in [3.63, 3.8) is 0 Å². The van der Waals surface area contributed by atoms with Crippen molar-refractivity contribution in [3.05, 3.63) is 35.4 Å². The molecule has 0 heterocycles. The lowest BCUT2D eigenvalue weighted by Gasteiger charge is -2.38. The fraction of sp³-hybridized carbons (Fsp3) is 0.769. The Balaban J connectivity index is 1.35. The van der Waals surface area contributed by atoms with Gasteiger partial charge in [0.2, 0.25) is 0 Å². The van der Waals surface area contributed by atoms with Crippen molar-refractivity contribution in [2.75, 3.05) is 0 Å². The van der Waals surface area contributed by atoms with Crippen LogP contribution in [0.15, 0.2) is 24.3 Å². The molecule has 0 bridgehead atoms. The molecule has 0 nitrogen and oxygen atoms in total. The molecule has 3 rings (SSSR count). The van der Waals surface area contributed by atoms with Crippen LogP contribution in [0.2, 0.25) is 0 Å². The lowest BCUT2D eigenvalue weighted by atomic mass is 9.68. The maximum absolute atomic E-state index is 2.38. The topological polar surface area (TPSA) is 0 Å². The molecule has 2 aliphatic carbocycles. The van der Waals surface area contributed by atoms with Crippen LogP contribution in [-0.4, -0.2) is 0 Å². The summed E-state index contributed by atoms with van der Waals surface area (Å²) in [6.07, 6.45) is 20.3. The van der Waals surface area contributed by atoms with Crippen molar-refractivity contribution < 1.29 is 0 Å². The first-order chi connectivity index (χ1) is 12.8. The predicted molar refractivity (Wildman–Crippen MR) is 115 cm³/mol. The largest absolute Gasteiger partial charge is 0.0654 e. The molecule has 0 amide bonds. The van der Waals surface area contributed by atoms with E-state index in [-0.39, 0.29) is 0 Å². The summed E-state index contributed by atoms with van der Waals surface area (Å²) in [6.45, 7) is 4.62. The smallest absolute Gasteiger partial charge is 0.0276 e. The fourth-order valence-electron chi connectivity index (χ4n) is 5.84. The molecule has 0 aliphatic heterocycles. The maximum atomic E-state index is 2.38. The van der Waals surface area contributed by atoms with E-state index >= 15 is 0 Å². The first kappa shape index (κ1) is 20.0. The van der Waals surface area contributed by atoms with Crippen molar-refractivity contribution in [1.82, 2.24) is 0 Å². The third-order valence-corrected chi connectivity index (χ3v) is 7.55. The summed E-state index contributed by atoms with van der Waals surface area (Å²) in [5, 5.41) is 0. The summed E-state index contributed by atoms with van der Waals surface area (Å²) >= 11 is 0. The second-order valence-electron chi connectivity index (χ2n) is 9.46. The molecular weight excluding hydrogens is 312 g/mol. The number of rotatable bonds is 8. The van der Waals surface area contributed by atoms with E-state index in [9.17, 15) is 0 Å². The molecule has 1 aromatic rings. The Hall–Kier alpha value is -0.780. The minimum Gasteiger partial charge on any atom is -0.0654 e. The van der Waals surface area contributed by atoms with E-state index in [0.29, 0.717) is 0 Å². The summed E-state index contributed by atoms with van der Waals surface area (Å²) in [7, 11) is 0. The Kier molecular flexibility index (Phi) is 8.08. The number of aryl methyl sites for hydroxylation is 2. The second kappa shape index (κ2) is 10.5. The van der Waals surface area contributed by atoms with Crippen LogP contribution >= 0.6 is 0 Å². The van der Waals surface area contributed by atoms with Crippen molar-refractivity contribution >= 4 is 0 Å².